The average molecular weight is 343 g/mol. The van der Waals surface area contributed by atoms with Gasteiger partial charge in [-0.2, -0.15) is 17.4 Å². The van der Waals surface area contributed by atoms with E-state index in [1.165, 1.54) is 0 Å². The lowest BCUT2D eigenvalue weighted by Crippen LogP contribution is -2.52. The minimum atomic E-state index is -4.00. The van der Waals surface area contributed by atoms with E-state index in [1.807, 2.05) is 0 Å². The number of nitrogens with zero attached hydrogens (tertiary/aromatic N) is 1. The molecule has 0 radical (unpaired) electrons. The van der Waals surface area contributed by atoms with Gasteiger partial charge in [-0.05, 0) is 54.9 Å². The monoisotopic (exact) mass is 342 g/mol. The van der Waals surface area contributed by atoms with Crippen molar-refractivity contribution in [3.63, 3.8) is 0 Å². The van der Waals surface area contributed by atoms with Crippen LogP contribution in [-0.2, 0) is 14.9 Å². The lowest BCUT2D eigenvalue weighted by atomic mass is 10.1. The standard InChI is InChI=1S/C13H27ClN2O4S/c1-10(14)8-9-16(11(17)20-13(5,6)7)21(18,19)15-12(2,3)4/h10,15H,8-9H2,1-7H3. The molecule has 0 aliphatic heterocycles. The fourth-order valence-electron chi connectivity index (χ4n) is 1.36. The first-order valence-corrected chi connectivity index (χ1v) is 8.70. The number of rotatable bonds is 5. The molecule has 1 unspecified atom stereocenters. The maximum Gasteiger partial charge on any atom is 0.425 e. The molecule has 0 aromatic carbocycles. The Morgan fingerprint density at radius 3 is 2.05 bits per heavy atom. The molecule has 0 aliphatic rings. The Morgan fingerprint density at radius 1 is 1.24 bits per heavy atom. The quantitative estimate of drug-likeness (QED) is 0.779. The maximum atomic E-state index is 12.4. The summed E-state index contributed by atoms with van der Waals surface area (Å²) in [6, 6.07) is 0. The molecule has 1 N–H and O–H groups in total. The summed E-state index contributed by atoms with van der Waals surface area (Å²) < 4.78 is 33.0. The van der Waals surface area contributed by atoms with E-state index < -0.39 is 27.4 Å². The van der Waals surface area contributed by atoms with E-state index in [-0.39, 0.29) is 11.9 Å². The molecule has 0 aromatic heterocycles. The smallest absolute Gasteiger partial charge is 0.425 e. The highest BCUT2D eigenvalue weighted by molar-refractivity contribution is 7.87. The van der Waals surface area contributed by atoms with Crippen LogP contribution in [0, 0.1) is 0 Å². The largest absolute Gasteiger partial charge is 0.443 e. The highest BCUT2D eigenvalue weighted by atomic mass is 35.5. The van der Waals surface area contributed by atoms with Crippen molar-refractivity contribution in [2.45, 2.75) is 71.4 Å². The van der Waals surface area contributed by atoms with Crippen molar-refractivity contribution in [2.75, 3.05) is 6.54 Å². The number of hydrogen-bond acceptors (Lipinski definition) is 4. The molecule has 6 nitrogen and oxygen atoms in total. The van der Waals surface area contributed by atoms with Crippen molar-refractivity contribution in [1.29, 1.82) is 0 Å². The fraction of sp³-hybridized carbons (Fsp3) is 0.923. The number of halogens is 1. The third-order valence-corrected chi connectivity index (χ3v) is 4.05. The summed E-state index contributed by atoms with van der Waals surface area (Å²) in [6.45, 7) is 11.8. The molecule has 8 heteroatoms. The van der Waals surface area contributed by atoms with Gasteiger partial charge in [-0.15, -0.1) is 11.6 Å². The Bertz CT molecular complexity index is 450. The average Bonchev–Trinajstić information content (AvgIpc) is 2.08. The van der Waals surface area contributed by atoms with Gasteiger partial charge in [0.05, 0.1) is 0 Å². The highest BCUT2D eigenvalue weighted by Crippen LogP contribution is 2.15. The third-order valence-electron chi connectivity index (χ3n) is 2.05. The number of alkyl halides is 1. The molecule has 1 amide bonds. The first-order chi connectivity index (χ1) is 9.14. The second-order valence-electron chi connectivity index (χ2n) is 6.98. The first kappa shape index (κ1) is 20.5. The van der Waals surface area contributed by atoms with E-state index in [2.05, 4.69) is 4.72 Å². The number of amides is 1. The van der Waals surface area contributed by atoms with Gasteiger partial charge < -0.3 is 4.74 Å². The normalized spacial score (nSPS) is 14.7. The Kier molecular flexibility index (Phi) is 6.97. The number of hydrogen-bond donors (Lipinski definition) is 1. The highest BCUT2D eigenvalue weighted by Gasteiger charge is 2.34. The van der Waals surface area contributed by atoms with Crippen molar-refractivity contribution in [3.05, 3.63) is 0 Å². The topological polar surface area (TPSA) is 75.7 Å². The van der Waals surface area contributed by atoms with Crippen LogP contribution in [-0.4, -0.2) is 41.9 Å². The van der Waals surface area contributed by atoms with Crippen LogP contribution in [0.5, 0.6) is 0 Å². The molecular formula is C13H27ClN2O4S. The summed E-state index contributed by atoms with van der Waals surface area (Å²) in [6.07, 6.45) is -0.567. The molecule has 0 bridgehead atoms. The molecule has 0 aromatic rings. The van der Waals surface area contributed by atoms with Crippen LogP contribution in [0.3, 0.4) is 0 Å². The van der Waals surface area contributed by atoms with Gasteiger partial charge in [-0.25, -0.2) is 4.79 Å². The molecule has 1 atom stereocenters. The fourth-order valence-corrected chi connectivity index (χ4v) is 2.92. The van der Waals surface area contributed by atoms with Crippen molar-refractivity contribution in [3.8, 4) is 0 Å². The van der Waals surface area contributed by atoms with E-state index in [0.29, 0.717) is 10.7 Å². The summed E-state index contributed by atoms with van der Waals surface area (Å²) in [5, 5.41) is -0.250. The summed E-state index contributed by atoms with van der Waals surface area (Å²) in [4.78, 5) is 12.1. The number of carbonyl (C=O) groups excluding carboxylic acids is 1. The van der Waals surface area contributed by atoms with Gasteiger partial charge in [0.25, 0.3) is 0 Å². The van der Waals surface area contributed by atoms with E-state index in [0.717, 1.165) is 0 Å². The van der Waals surface area contributed by atoms with E-state index in [4.69, 9.17) is 16.3 Å². The summed E-state index contributed by atoms with van der Waals surface area (Å²) in [5.41, 5.74) is -1.48. The predicted octanol–water partition coefficient (Wildman–Crippen LogP) is 2.87. The van der Waals surface area contributed by atoms with Crippen LogP contribution >= 0.6 is 11.6 Å². The SMILES string of the molecule is CC(Cl)CCN(C(=O)OC(C)(C)C)S(=O)(=O)NC(C)(C)C. The Morgan fingerprint density at radius 2 is 1.71 bits per heavy atom. The van der Waals surface area contributed by atoms with Gasteiger partial charge in [0.15, 0.2) is 0 Å². The summed E-state index contributed by atoms with van der Waals surface area (Å²) >= 11 is 5.85. The van der Waals surface area contributed by atoms with Crippen LogP contribution in [0.25, 0.3) is 0 Å². The molecule has 0 saturated heterocycles. The Hall–Kier alpha value is -0.530. The lowest BCUT2D eigenvalue weighted by molar-refractivity contribution is 0.0387. The van der Waals surface area contributed by atoms with Crippen molar-refractivity contribution in [2.24, 2.45) is 0 Å². The van der Waals surface area contributed by atoms with Crippen LogP contribution < -0.4 is 4.72 Å². The maximum absolute atomic E-state index is 12.4. The zero-order valence-corrected chi connectivity index (χ0v) is 15.4. The van der Waals surface area contributed by atoms with Crippen molar-refractivity contribution >= 4 is 27.9 Å². The molecule has 126 valence electrons. The zero-order valence-electron chi connectivity index (χ0n) is 13.9. The van der Waals surface area contributed by atoms with Crippen molar-refractivity contribution in [1.82, 2.24) is 9.03 Å². The zero-order chi connectivity index (χ0) is 17.1. The van der Waals surface area contributed by atoms with Gasteiger partial charge in [-0.3, -0.25) is 0 Å². The van der Waals surface area contributed by atoms with Gasteiger partial charge in [0, 0.05) is 17.5 Å². The molecule has 0 aliphatic carbocycles. The van der Waals surface area contributed by atoms with Gasteiger partial charge in [-0.1, -0.05) is 0 Å². The minimum Gasteiger partial charge on any atom is -0.443 e. The molecule has 0 rings (SSSR count). The summed E-state index contributed by atoms with van der Waals surface area (Å²) in [7, 11) is -4.00. The first-order valence-electron chi connectivity index (χ1n) is 6.83. The van der Waals surface area contributed by atoms with Crippen molar-refractivity contribution < 1.29 is 17.9 Å². The lowest BCUT2D eigenvalue weighted by Gasteiger charge is -2.30. The Balaban J connectivity index is 5.27. The molecule has 0 fully saturated rings. The predicted molar refractivity (Wildman–Crippen MR) is 84.7 cm³/mol. The number of carbonyl (C=O) groups is 1. The Labute approximate surface area is 133 Å². The van der Waals surface area contributed by atoms with Crippen LogP contribution in [0.4, 0.5) is 4.79 Å². The second-order valence-corrected chi connectivity index (χ2v) is 9.32. The van der Waals surface area contributed by atoms with Crippen LogP contribution in [0.2, 0.25) is 0 Å². The second kappa shape index (κ2) is 7.15. The third kappa shape index (κ3) is 9.16. The number of nitrogens with one attached hydrogen (secondary N) is 1. The molecule has 0 saturated carbocycles. The minimum absolute atomic E-state index is 0.0367. The molecule has 0 heterocycles. The van der Waals surface area contributed by atoms with Crippen LogP contribution in [0.1, 0.15) is 54.9 Å². The van der Waals surface area contributed by atoms with E-state index >= 15 is 0 Å². The molecular weight excluding hydrogens is 316 g/mol. The number of ether oxygens (including phenoxy) is 1. The van der Waals surface area contributed by atoms with Gasteiger partial charge >= 0.3 is 16.3 Å². The molecule has 21 heavy (non-hydrogen) atoms. The van der Waals surface area contributed by atoms with Gasteiger partial charge in [0.1, 0.15) is 5.60 Å². The van der Waals surface area contributed by atoms with E-state index in [9.17, 15) is 13.2 Å². The van der Waals surface area contributed by atoms with E-state index in [1.54, 1.807) is 48.5 Å². The van der Waals surface area contributed by atoms with Crippen LogP contribution in [0.15, 0.2) is 0 Å². The summed E-state index contributed by atoms with van der Waals surface area (Å²) in [5.74, 6) is 0. The molecule has 0 spiro atoms. The van der Waals surface area contributed by atoms with Gasteiger partial charge in [0.2, 0.25) is 0 Å².